The van der Waals surface area contributed by atoms with E-state index >= 15 is 0 Å². The van der Waals surface area contributed by atoms with E-state index < -0.39 is 0 Å². The highest BCUT2D eigenvalue weighted by Crippen LogP contribution is 2.48. The Morgan fingerprint density at radius 2 is 2.00 bits per heavy atom. The van der Waals surface area contributed by atoms with Crippen molar-refractivity contribution in [3.05, 3.63) is 29.8 Å². The Morgan fingerprint density at radius 1 is 1.21 bits per heavy atom. The Hall–Kier alpha value is -1.02. The van der Waals surface area contributed by atoms with Crippen LogP contribution in [0.2, 0.25) is 0 Å². The summed E-state index contributed by atoms with van der Waals surface area (Å²) in [7, 11) is 0. The Kier molecular flexibility index (Phi) is 3.79. The standard InChI is InChI=1S/C17H24O2/c1-2-17(18)13-5-7-16(8-6-13)19-11-15-10-12-3-4-14(15)9-12/h5-8,12,14-15,17-18H,2-4,9-11H2,1H3. The molecular weight excluding hydrogens is 236 g/mol. The van der Waals surface area contributed by atoms with Gasteiger partial charge in [-0.25, -0.2) is 0 Å². The highest BCUT2D eigenvalue weighted by atomic mass is 16.5. The van der Waals surface area contributed by atoms with Gasteiger partial charge in [-0.05, 0) is 61.1 Å². The third kappa shape index (κ3) is 2.79. The fraction of sp³-hybridized carbons (Fsp3) is 0.647. The van der Waals surface area contributed by atoms with E-state index in [4.69, 9.17) is 4.74 Å². The van der Waals surface area contributed by atoms with Crippen LogP contribution in [0.4, 0.5) is 0 Å². The van der Waals surface area contributed by atoms with Gasteiger partial charge in [-0.2, -0.15) is 0 Å². The molecule has 4 atom stereocenters. The highest BCUT2D eigenvalue weighted by Gasteiger charge is 2.39. The zero-order valence-electron chi connectivity index (χ0n) is 11.7. The van der Waals surface area contributed by atoms with Crippen LogP contribution in [0, 0.1) is 17.8 Å². The van der Waals surface area contributed by atoms with Gasteiger partial charge < -0.3 is 9.84 Å². The third-order valence-corrected chi connectivity index (χ3v) is 5.00. The zero-order valence-corrected chi connectivity index (χ0v) is 11.7. The number of aliphatic hydroxyl groups is 1. The zero-order chi connectivity index (χ0) is 13.2. The molecule has 2 heteroatoms. The predicted octanol–water partition coefficient (Wildman–Crippen LogP) is 3.95. The van der Waals surface area contributed by atoms with Gasteiger partial charge in [0.15, 0.2) is 0 Å². The second kappa shape index (κ2) is 5.54. The first-order chi connectivity index (χ1) is 9.26. The summed E-state index contributed by atoms with van der Waals surface area (Å²) >= 11 is 0. The fourth-order valence-electron chi connectivity index (χ4n) is 3.81. The molecule has 1 aromatic rings. The molecule has 0 aliphatic heterocycles. The molecule has 104 valence electrons. The lowest BCUT2D eigenvalue weighted by atomic mass is 9.89. The summed E-state index contributed by atoms with van der Waals surface area (Å²) in [6.45, 7) is 2.86. The number of hydrogen-bond donors (Lipinski definition) is 1. The van der Waals surface area contributed by atoms with Crippen molar-refractivity contribution in [2.75, 3.05) is 6.61 Å². The van der Waals surface area contributed by atoms with Gasteiger partial charge in [-0.15, -0.1) is 0 Å². The van der Waals surface area contributed by atoms with Crippen LogP contribution in [0.5, 0.6) is 5.75 Å². The molecule has 0 amide bonds. The average Bonchev–Trinajstić information content (AvgIpc) is 3.07. The minimum atomic E-state index is -0.348. The maximum atomic E-state index is 9.75. The molecule has 3 rings (SSSR count). The number of ether oxygens (including phenoxy) is 1. The number of aliphatic hydroxyl groups excluding tert-OH is 1. The molecule has 2 nitrogen and oxygen atoms in total. The van der Waals surface area contributed by atoms with E-state index in [1.54, 1.807) is 0 Å². The number of benzene rings is 1. The molecule has 2 aliphatic rings. The van der Waals surface area contributed by atoms with Crippen LogP contribution in [-0.4, -0.2) is 11.7 Å². The van der Waals surface area contributed by atoms with E-state index in [2.05, 4.69) is 0 Å². The van der Waals surface area contributed by atoms with Gasteiger partial charge in [0, 0.05) is 0 Å². The van der Waals surface area contributed by atoms with Crippen molar-refractivity contribution in [1.29, 1.82) is 0 Å². The van der Waals surface area contributed by atoms with Gasteiger partial charge in [0.1, 0.15) is 5.75 Å². The highest BCUT2D eigenvalue weighted by molar-refractivity contribution is 5.28. The van der Waals surface area contributed by atoms with E-state index in [9.17, 15) is 5.11 Å². The molecule has 2 fully saturated rings. The molecule has 19 heavy (non-hydrogen) atoms. The van der Waals surface area contributed by atoms with Crippen molar-refractivity contribution in [1.82, 2.24) is 0 Å². The third-order valence-electron chi connectivity index (χ3n) is 5.00. The molecule has 2 bridgehead atoms. The van der Waals surface area contributed by atoms with Crippen molar-refractivity contribution in [3.8, 4) is 5.75 Å². The molecule has 0 saturated heterocycles. The van der Waals surface area contributed by atoms with Crippen LogP contribution in [0.3, 0.4) is 0 Å². The van der Waals surface area contributed by atoms with Crippen molar-refractivity contribution >= 4 is 0 Å². The maximum absolute atomic E-state index is 9.75. The SMILES string of the molecule is CCC(O)c1ccc(OCC2CC3CCC2C3)cc1. The second-order valence-corrected chi connectivity index (χ2v) is 6.24. The van der Waals surface area contributed by atoms with Gasteiger partial charge in [0.25, 0.3) is 0 Å². The quantitative estimate of drug-likeness (QED) is 0.868. The lowest BCUT2D eigenvalue weighted by molar-refractivity contribution is 0.173. The lowest BCUT2D eigenvalue weighted by Crippen LogP contribution is -2.18. The Morgan fingerprint density at radius 3 is 2.58 bits per heavy atom. The van der Waals surface area contributed by atoms with E-state index in [0.29, 0.717) is 0 Å². The molecule has 1 N–H and O–H groups in total. The Balaban J connectivity index is 1.53. The van der Waals surface area contributed by atoms with Crippen LogP contribution in [0.15, 0.2) is 24.3 Å². The summed E-state index contributed by atoms with van der Waals surface area (Å²) in [5, 5.41) is 9.75. The normalized spacial score (nSPS) is 30.5. The summed E-state index contributed by atoms with van der Waals surface area (Å²) in [4.78, 5) is 0. The summed E-state index contributed by atoms with van der Waals surface area (Å²) in [5.41, 5.74) is 0.981. The molecule has 2 aliphatic carbocycles. The van der Waals surface area contributed by atoms with Crippen LogP contribution in [-0.2, 0) is 0 Å². The van der Waals surface area contributed by atoms with Crippen LogP contribution >= 0.6 is 0 Å². The van der Waals surface area contributed by atoms with Gasteiger partial charge in [0.2, 0.25) is 0 Å². The van der Waals surface area contributed by atoms with Gasteiger partial charge in [-0.1, -0.05) is 25.5 Å². The maximum Gasteiger partial charge on any atom is 0.119 e. The first-order valence-corrected chi connectivity index (χ1v) is 7.67. The van der Waals surface area contributed by atoms with Crippen LogP contribution < -0.4 is 4.74 Å². The Labute approximate surface area is 115 Å². The molecule has 0 aromatic heterocycles. The summed E-state index contributed by atoms with van der Waals surface area (Å²) in [6.07, 6.45) is 6.09. The fourth-order valence-corrected chi connectivity index (χ4v) is 3.81. The van der Waals surface area contributed by atoms with E-state index in [1.165, 1.54) is 25.7 Å². The molecule has 0 heterocycles. The van der Waals surface area contributed by atoms with Crippen molar-refractivity contribution < 1.29 is 9.84 Å². The van der Waals surface area contributed by atoms with E-state index in [1.807, 2.05) is 31.2 Å². The first kappa shape index (κ1) is 13.0. The Bertz CT molecular complexity index is 412. The molecule has 0 spiro atoms. The molecule has 2 saturated carbocycles. The topological polar surface area (TPSA) is 29.5 Å². The van der Waals surface area contributed by atoms with E-state index in [0.717, 1.165) is 42.1 Å². The summed E-state index contributed by atoms with van der Waals surface area (Å²) in [6, 6.07) is 7.93. The lowest BCUT2D eigenvalue weighted by Gasteiger charge is -2.21. The van der Waals surface area contributed by atoms with Crippen LogP contribution in [0.25, 0.3) is 0 Å². The van der Waals surface area contributed by atoms with Crippen LogP contribution in [0.1, 0.15) is 50.7 Å². The molecular formula is C17H24O2. The summed E-state index contributed by atoms with van der Waals surface area (Å²) < 4.78 is 5.93. The van der Waals surface area contributed by atoms with E-state index in [-0.39, 0.29) is 6.10 Å². The largest absolute Gasteiger partial charge is 0.493 e. The molecule has 4 unspecified atom stereocenters. The second-order valence-electron chi connectivity index (χ2n) is 6.24. The summed E-state index contributed by atoms with van der Waals surface area (Å²) in [5.74, 6) is 3.63. The number of rotatable bonds is 5. The molecule has 0 radical (unpaired) electrons. The number of fused-ring (bicyclic) bond motifs is 2. The smallest absolute Gasteiger partial charge is 0.119 e. The van der Waals surface area contributed by atoms with Crippen molar-refractivity contribution in [2.24, 2.45) is 17.8 Å². The van der Waals surface area contributed by atoms with Gasteiger partial charge >= 0.3 is 0 Å². The average molecular weight is 260 g/mol. The van der Waals surface area contributed by atoms with Gasteiger partial charge in [0.05, 0.1) is 12.7 Å². The number of hydrogen-bond acceptors (Lipinski definition) is 2. The minimum absolute atomic E-state index is 0.348. The van der Waals surface area contributed by atoms with Crippen molar-refractivity contribution in [3.63, 3.8) is 0 Å². The monoisotopic (exact) mass is 260 g/mol. The minimum Gasteiger partial charge on any atom is -0.493 e. The predicted molar refractivity (Wildman–Crippen MR) is 76.1 cm³/mol. The first-order valence-electron chi connectivity index (χ1n) is 7.67. The van der Waals surface area contributed by atoms with Gasteiger partial charge in [-0.3, -0.25) is 0 Å². The molecule has 1 aromatic carbocycles. The van der Waals surface area contributed by atoms with Crippen molar-refractivity contribution in [2.45, 2.75) is 45.1 Å².